The number of carbonyl (C=O) groups is 3. The molecule has 2 heterocycles. The lowest BCUT2D eigenvalue weighted by molar-refractivity contribution is -0.360. The molecule has 19 atom stereocenters. The predicted molar refractivity (Wildman–Crippen MR) is 356 cm³/mol. The quantitative estimate of drug-likeness (QED) is 0.0117. The van der Waals surface area contributed by atoms with Gasteiger partial charge >= 0.3 is 25.7 Å². The third kappa shape index (κ3) is 35.9. The molecular weight excluding hydrogens is 1260 g/mol. The maximum absolute atomic E-state index is 14.3. The smallest absolute Gasteiger partial charge is 0.463 e. The van der Waals surface area contributed by atoms with Crippen LogP contribution in [0.3, 0.4) is 0 Å². The van der Waals surface area contributed by atoms with Gasteiger partial charge < -0.3 is 89.1 Å². The number of phosphoric ester groups is 1. The van der Waals surface area contributed by atoms with E-state index in [9.17, 15) is 74.9 Å². The van der Waals surface area contributed by atoms with Gasteiger partial charge in [0.2, 0.25) is 0 Å². The van der Waals surface area contributed by atoms with E-state index in [-0.39, 0.29) is 19.3 Å². The van der Waals surface area contributed by atoms with Crippen molar-refractivity contribution in [3.8, 4) is 0 Å². The maximum atomic E-state index is 14.3. The zero-order chi connectivity index (χ0) is 69.8. The van der Waals surface area contributed by atoms with Gasteiger partial charge in [0.15, 0.2) is 18.7 Å². The second-order valence-corrected chi connectivity index (χ2v) is 28.7. The largest absolute Gasteiger partial charge is 0.472 e. The molecule has 11 N–H and O–H groups in total. The van der Waals surface area contributed by atoms with Gasteiger partial charge in [-0.05, 0) is 25.2 Å². The first-order valence-electron chi connectivity index (χ1n) is 37.2. The summed E-state index contributed by atoms with van der Waals surface area (Å²) >= 11 is 0. The standard InChI is InChI=1S/C70H131O24P/c1-5-8-11-14-17-19-21-22-24-25-27-33-39-44-55(73)87-49-53-58(76)60(78)65(83)70(91-53)93-67-63(81)61(79)62(80)66(92-69-64(82)59(77)57(75)52(46-71)90-69)68(67)94-95(84,85)88-48-51(89-56(74)45-40-35-28-26-23-20-18-15-12-9-6-2)47-86-54(72)43-38-34-30-29-32-37-42-50(4)41-36-31-16-13-10-7-3/h50-53,57-71,75-83H,5-49H2,1-4H3,(H,84,85). The van der Waals surface area contributed by atoms with E-state index in [1.165, 1.54) is 128 Å². The Morgan fingerprint density at radius 1 is 0.400 bits per heavy atom. The molecule has 0 radical (unpaired) electrons. The van der Waals surface area contributed by atoms with Crippen LogP contribution in [0.1, 0.15) is 291 Å². The Kier molecular flexibility index (Phi) is 47.7. The summed E-state index contributed by atoms with van der Waals surface area (Å²) in [5.74, 6) is -1.28. The highest BCUT2D eigenvalue weighted by molar-refractivity contribution is 7.47. The van der Waals surface area contributed by atoms with Crippen LogP contribution in [-0.2, 0) is 61.2 Å². The van der Waals surface area contributed by atoms with Crippen molar-refractivity contribution in [3.63, 3.8) is 0 Å². The summed E-state index contributed by atoms with van der Waals surface area (Å²) in [6, 6.07) is 0. The van der Waals surface area contributed by atoms with Gasteiger partial charge in [0.25, 0.3) is 0 Å². The van der Waals surface area contributed by atoms with Crippen LogP contribution in [0.2, 0.25) is 0 Å². The van der Waals surface area contributed by atoms with Crippen molar-refractivity contribution in [2.24, 2.45) is 5.92 Å². The second-order valence-electron chi connectivity index (χ2n) is 27.3. The van der Waals surface area contributed by atoms with E-state index in [2.05, 4.69) is 27.7 Å². The molecule has 1 saturated carbocycles. The first-order chi connectivity index (χ1) is 45.7. The Hall–Kier alpha value is -2.04. The number of hydrogen-bond acceptors (Lipinski definition) is 23. The number of hydrogen-bond donors (Lipinski definition) is 11. The first kappa shape index (κ1) is 87.2. The summed E-state index contributed by atoms with van der Waals surface area (Å²) in [6.45, 7) is 5.76. The zero-order valence-electron chi connectivity index (χ0n) is 58.4. The fourth-order valence-electron chi connectivity index (χ4n) is 12.6. The van der Waals surface area contributed by atoms with Gasteiger partial charge in [-0.25, -0.2) is 4.57 Å². The average molecular weight is 1390 g/mol. The number of aliphatic hydroxyl groups is 10. The lowest BCUT2D eigenvalue weighted by atomic mass is 9.84. The number of rotatable bonds is 57. The van der Waals surface area contributed by atoms with Gasteiger partial charge in [0, 0.05) is 19.3 Å². The minimum atomic E-state index is -5.69. The van der Waals surface area contributed by atoms with Gasteiger partial charge in [0.05, 0.1) is 13.2 Å². The highest BCUT2D eigenvalue weighted by Crippen LogP contribution is 2.49. The van der Waals surface area contributed by atoms with E-state index in [1.807, 2.05) is 0 Å². The van der Waals surface area contributed by atoms with Gasteiger partial charge in [-0.1, -0.05) is 252 Å². The summed E-state index contributed by atoms with van der Waals surface area (Å²) in [6.07, 6.45) is 6.22. The summed E-state index contributed by atoms with van der Waals surface area (Å²) in [5.41, 5.74) is 0. The van der Waals surface area contributed by atoms with E-state index in [0.29, 0.717) is 25.2 Å². The molecule has 0 aromatic rings. The molecule has 19 unspecified atom stereocenters. The van der Waals surface area contributed by atoms with Crippen molar-refractivity contribution in [1.82, 2.24) is 0 Å². The molecule has 3 rings (SSSR count). The molecule has 24 nitrogen and oxygen atoms in total. The third-order valence-electron chi connectivity index (χ3n) is 18.8. The molecule has 0 bridgehead atoms. The van der Waals surface area contributed by atoms with Crippen molar-refractivity contribution < 1.29 is 117 Å². The van der Waals surface area contributed by atoms with Crippen LogP contribution >= 0.6 is 7.82 Å². The fraction of sp³-hybridized carbons (Fsp3) is 0.957. The van der Waals surface area contributed by atoms with Gasteiger partial charge in [-0.3, -0.25) is 23.4 Å². The number of phosphoric acid groups is 1. The average Bonchev–Trinajstić information content (AvgIpc) is 0.764. The van der Waals surface area contributed by atoms with Crippen molar-refractivity contribution in [2.75, 3.05) is 26.4 Å². The Balaban J connectivity index is 1.74. The fourth-order valence-corrected chi connectivity index (χ4v) is 13.6. The van der Waals surface area contributed by atoms with Gasteiger partial charge in [-0.2, -0.15) is 0 Å². The topological polar surface area (TPSA) is 374 Å². The number of esters is 3. The molecular formula is C70H131O24P. The number of ether oxygens (including phenoxy) is 7. The van der Waals surface area contributed by atoms with Crippen LogP contribution in [0, 0.1) is 5.92 Å². The summed E-state index contributed by atoms with van der Waals surface area (Å²) in [5, 5.41) is 110. The van der Waals surface area contributed by atoms with Crippen LogP contribution in [-0.4, -0.2) is 204 Å². The lowest BCUT2D eigenvalue weighted by Gasteiger charge is -2.49. The molecule has 0 aromatic carbocycles. The molecule has 2 aliphatic heterocycles. The predicted octanol–water partition coefficient (Wildman–Crippen LogP) is 9.65. The number of unbranched alkanes of at least 4 members (excludes halogenated alkanes) is 32. The van der Waals surface area contributed by atoms with Gasteiger partial charge in [0.1, 0.15) is 98.7 Å². The van der Waals surface area contributed by atoms with Crippen LogP contribution in [0.15, 0.2) is 0 Å². The van der Waals surface area contributed by atoms with E-state index < -0.39 is 156 Å². The Morgan fingerprint density at radius 2 is 0.737 bits per heavy atom. The van der Waals surface area contributed by atoms with Crippen LogP contribution in [0.25, 0.3) is 0 Å². The molecule has 0 aromatic heterocycles. The third-order valence-corrected chi connectivity index (χ3v) is 19.8. The maximum Gasteiger partial charge on any atom is 0.472 e. The highest BCUT2D eigenvalue weighted by atomic mass is 31.2. The molecule has 95 heavy (non-hydrogen) atoms. The Labute approximate surface area is 568 Å². The second kappa shape index (κ2) is 52.0. The molecule has 25 heteroatoms. The van der Waals surface area contributed by atoms with E-state index in [1.54, 1.807) is 0 Å². The highest BCUT2D eigenvalue weighted by Gasteiger charge is 2.58. The van der Waals surface area contributed by atoms with Crippen molar-refractivity contribution >= 4 is 25.7 Å². The monoisotopic (exact) mass is 1390 g/mol. The molecule has 2 saturated heterocycles. The minimum absolute atomic E-state index is 0.0330. The number of aliphatic hydroxyl groups excluding tert-OH is 10. The normalized spacial score (nSPS) is 28.4. The molecule has 1 aliphatic carbocycles. The molecule has 3 aliphatic rings. The first-order valence-corrected chi connectivity index (χ1v) is 38.7. The number of carbonyl (C=O) groups excluding carboxylic acids is 3. The van der Waals surface area contributed by atoms with Gasteiger partial charge in [-0.15, -0.1) is 0 Å². The molecule has 3 fully saturated rings. The van der Waals surface area contributed by atoms with E-state index in [4.69, 9.17) is 42.2 Å². The molecule has 0 amide bonds. The van der Waals surface area contributed by atoms with Crippen molar-refractivity contribution in [1.29, 1.82) is 0 Å². The molecule has 0 spiro atoms. The van der Waals surface area contributed by atoms with E-state index >= 15 is 0 Å². The SMILES string of the molecule is CCCCCCCCCCCCCCCC(=O)OCC1OC(OC2C(O)C(O)C(O)C(OC3OC(CO)C(O)C(O)C3O)C2OP(=O)(O)OCC(COC(=O)CCCCCCCCC(C)CCCCCCCC)OC(=O)CCCCCCCCCCCCC)C(O)C(O)C1O. The minimum Gasteiger partial charge on any atom is -0.463 e. The van der Waals surface area contributed by atoms with Crippen LogP contribution < -0.4 is 0 Å². The zero-order valence-corrected chi connectivity index (χ0v) is 59.3. The van der Waals surface area contributed by atoms with Crippen LogP contribution in [0.4, 0.5) is 0 Å². The summed E-state index contributed by atoms with van der Waals surface area (Å²) in [7, 11) is -5.69. The lowest BCUT2D eigenvalue weighted by Crippen LogP contribution is -2.69. The molecule has 560 valence electrons. The summed E-state index contributed by atoms with van der Waals surface area (Å²) in [4.78, 5) is 50.9. The van der Waals surface area contributed by atoms with E-state index in [0.717, 1.165) is 96.3 Å². The van der Waals surface area contributed by atoms with Crippen molar-refractivity contribution in [2.45, 2.75) is 395 Å². The summed E-state index contributed by atoms with van der Waals surface area (Å²) < 4.78 is 65.0. The Bertz CT molecular complexity index is 1990. The van der Waals surface area contributed by atoms with Crippen LogP contribution in [0.5, 0.6) is 0 Å². The van der Waals surface area contributed by atoms with Crippen molar-refractivity contribution in [3.05, 3.63) is 0 Å². The Morgan fingerprint density at radius 3 is 1.14 bits per heavy atom.